The lowest BCUT2D eigenvalue weighted by Gasteiger charge is -2.37. The minimum Gasteiger partial charge on any atom is -0.494 e. The van der Waals surface area contributed by atoms with Gasteiger partial charge >= 0.3 is 0 Å². The molecule has 1 heterocycles. The Morgan fingerprint density at radius 3 is 2.65 bits per heavy atom. The second kappa shape index (κ2) is 9.17. The topological polar surface area (TPSA) is 67.4 Å². The van der Waals surface area contributed by atoms with Crippen molar-refractivity contribution in [3.05, 3.63) is 94.0 Å². The van der Waals surface area contributed by atoms with Gasteiger partial charge in [0.15, 0.2) is 0 Å². The van der Waals surface area contributed by atoms with Crippen molar-refractivity contribution in [1.29, 1.82) is 0 Å². The Morgan fingerprint density at radius 1 is 1.09 bits per heavy atom. The number of rotatable bonds is 6. The third-order valence-corrected chi connectivity index (χ3v) is 8.57. The molecule has 2 aliphatic rings. The molecule has 0 fully saturated rings. The van der Waals surface area contributed by atoms with Crippen LogP contribution in [-0.4, -0.2) is 15.0 Å². The van der Waals surface area contributed by atoms with E-state index in [1.165, 1.54) is 5.56 Å². The van der Waals surface area contributed by atoms with E-state index >= 15 is 0 Å². The Labute approximate surface area is 209 Å². The molecule has 0 bridgehead atoms. The number of benzene rings is 3. The number of ether oxygens (including phenoxy) is 1. The third-order valence-electron chi connectivity index (χ3n) is 6.39. The maximum atomic E-state index is 13.2. The van der Waals surface area contributed by atoms with Gasteiger partial charge in [0.05, 0.1) is 33.3 Å². The summed E-state index contributed by atoms with van der Waals surface area (Å²) in [6, 6.07) is 18.4. The molecule has 5 nitrogen and oxygen atoms in total. The maximum Gasteiger partial charge on any atom is 0.261 e. The lowest BCUT2D eigenvalue weighted by atomic mass is 9.77. The molecule has 3 aromatic rings. The lowest BCUT2D eigenvalue weighted by molar-refractivity contribution is 0.340. The molecule has 1 aliphatic carbocycles. The summed E-state index contributed by atoms with van der Waals surface area (Å²) in [6.07, 6.45) is 5.28. The highest BCUT2D eigenvalue weighted by Gasteiger charge is 2.38. The van der Waals surface area contributed by atoms with Gasteiger partial charge < -0.3 is 10.1 Å². The van der Waals surface area contributed by atoms with Crippen molar-refractivity contribution in [2.45, 2.75) is 30.2 Å². The first kappa shape index (κ1) is 23.1. The molecule has 176 valence electrons. The number of allylic oxidation sites excluding steroid dienone is 2. The second-order valence-corrected chi connectivity index (χ2v) is 10.9. The summed E-state index contributed by atoms with van der Waals surface area (Å²) in [5, 5.41) is 4.10. The van der Waals surface area contributed by atoms with E-state index in [-0.39, 0.29) is 32.6 Å². The Balaban J connectivity index is 1.46. The summed E-state index contributed by atoms with van der Waals surface area (Å²) in [4.78, 5) is 0.183. The van der Waals surface area contributed by atoms with Crippen molar-refractivity contribution in [2.75, 3.05) is 16.6 Å². The monoisotopic (exact) mass is 514 g/mol. The normalized spacial score (nSPS) is 20.9. The Bertz CT molecular complexity index is 1360. The van der Waals surface area contributed by atoms with E-state index in [1.807, 2.05) is 25.1 Å². The van der Waals surface area contributed by atoms with Crippen molar-refractivity contribution in [2.24, 2.45) is 5.92 Å². The molecule has 0 unspecified atom stereocenters. The Hall–Kier alpha value is -2.67. The second-order valence-electron chi connectivity index (χ2n) is 8.43. The van der Waals surface area contributed by atoms with Gasteiger partial charge in [0, 0.05) is 11.6 Å². The molecule has 8 heteroatoms. The van der Waals surface area contributed by atoms with E-state index in [4.69, 9.17) is 27.9 Å². The predicted molar refractivity (Wildman–Crippen MR) is 138 cm³/mol. The summed E-state index contributed by atoms with van der Waals surface area (Å²) in [5.41, 5.74) is 3.34. The molecule has 3 atom stereocenters. The van der Waals surface area contributed by atoms with Gasteiger partial charge in [-0.1, -0.05) is 53.6 Å². The minimum absolute atomic E-state index is 0.119. The van der Waals surface area contributed by atoms with Crippen LogP contribution < -0.4 is 14.8 Å². The molecule has 3 aromatic carbocycles. The molecule has 0 spiro atoms. The number of nitrogens with one attached hydrogen (secondary N) is 2. The van der Waals surface area contributed by atoms with Crippen LogP contribution in [-0.2, 0) is 10.0 Å². The molecular formula is C26H24Cl2N2O3S. The highest BCUT2D eigenvalue weighted by Crippen LogP contribution is 2.50. The first-order valence-electron chi connectivity index (χ1n) is 11.1. The van der Waals surface area contributed by atoms with E-state index in [9.17, 15) is 8.42 Å². The van der Waals surface area contributed by atoms with E-state index in [0.717, 1.165) is 23.4 Å². The molecule has 2 N–H and O–H groups in total. The average molecular weight is 515 g/mol. The molecule has 0 saturated carbocycles. The summed E-state index contributed by atoms with van der Waals surface area (Å²) in [7, 11) is -3.85. The molecule has 0 aromatic heterocycles. The number of anilines is 2. The van der Waals surface area contributed by atoms with Crippen LogP contribution in [0.25, 0.3) is 0 Å². The van der Waals surface area contributed by atoms with Gasteiger partial charge in [0.2, 0.25) is 0 Å². The quantitative estimate of drug-likeness (QED) is 0.346. The number of halogens is 2. The average Bonchev–Trinajstić information content (AvgIpc) is 3.32. The van der Waals surface area contributed by atoms with Gasteiger partial charge in [0.25, 0.3) is 10.0 Å². The van der Waals surface area contributed by atoms with Crippen molar-refractivity contribution in [3.8, 4) is 5.75 Å². The number of fused-ring (bicyclic) bond motifs is 3. The van der Waals surface area contributed by atoms with Crippen LogP contribution in [0.15, 0.2) is 77.7 Å². The molecule has 5 rings (SSSR count). The predicted octanol–water partition coefficient (Wildman–Crippen LogP) is 7.02. The molecule has 0 saturated heterocycles. The van der Waals surface area contributed by atoms with E-state index in [2.05, 4.69) is 34.3 Å². The third kappa shape index (κ3) is 4.26. The smallest absolute Gasteiger partial charge is 0.261 e. The highest BCUT2D eigenvalue weighted by molar-refractivity contribution is 7.92. The standard InChI is InChI=1S/C26H24Cl2N2O3S/c1-2-33-17-11-9-16(10-12-17)26-20-6-3-5-19(20)21-15-18(13-14-23(21)29-26)34(31,32)30-24-8-4-7-22(27)25(24)28/h3-5,7-15,19-20,26,29-30H,2,6H2,1H3/t19-,20+,26+/m0/s1. The van der Waals surface area contributed by atoms with Gasteiger partial charge in [-0.05, 0) is 72.9 Å². The number of hydrogen-bond acceptors (Lipinski definition) is 4. The summed E-state index contributed by atoms with van der Waals surface area (Å²) >= 11 is 12.2. The van der Waals surface area contributed by atoms with E-state index in [1.54, 1.807) is 30.3 Å². The zero-order chi connectivity index (χ0) is 23.9. The fourth-order valence-electron chi connectivity index (χ4n) is 4.79. The van der Waals surface area contributed by atoms with Crippen LogP contribution in [0.2, 0.25) is 10.0 Å². The van der Waals surface area contributed by atoms with Gasteiger partial charge in [-0.25, -0.2) is 8.42 Å². The maximum absolute atomic E-state index is 13.2. The fourth-order valence-corrected chi connectivity index (χ4v) is 6.30. The zero-order valence-electron chi connectivity index (χ0n) is 18.5. The molecule has 0 radical (unpaired) electrons. The number of hydrogen-bond donors (Lipinski definition) is 2. The molecule has 1 aliphatic heterocycles. The zero-order valence-corrected chi connectivity index (χ0v) is 20.8. The minimum atomic E-state index is -3.85. The van der Waals surface area contributed by atoms with Crippen molar-refractivity contribution in [3.63, 3.8) is 0 Å². The van der Waals surface area contributed by atoms with Crippen LogP contribution in [0.4, 0.5) is 11.4 Å². The lowest BCUT2D eigenvalue weighted by Crippen LogP contribution is -2.29. The molecular weight excluding hydrogens is 491 g/mol. The fraction of sp³-hybridized carbons (Fsp3) is 0.231. The largest absolute Gasteiger partial charge is 0.494 e. The van der Waals surface area contributed by atoms with Crippen LogP contribution >= 0.6 is 23.2 Å². The molecule has 34 heavy (non-hydrogen) atoms. The Morgan fingerprint density at radius 2 is 1.88 bits per heavy atom. The highest BCUT2D eigenvalue weighted by atomic mass is 35.5. The first-order chi connectivity index (χ1) is 16.4. The van der Waals surface area contributed by atoms with Gasteiger partial charge in [-0.2, -0.15) is 0 Å². The SMILES string of the molecule is CCOc1ccc([C@H]2Nc3ccc(S(=O)(=O)Nc4cccc(Cl)c4Cl)cc3[C@H]3C=CC[C@H]32)cc1. The van der Waals surface area contributed by atoms with Gasteiger partial charge in [-0.3, -0.25) is 4.72 Å². The molecule has 0 amide bonds. The van der Waals surface area contributed by atoms with Crippen molar-refractivity contribution >= 4 is 44.6 Å². The van der Waals surface area contributed by atoms with Crippen molar-refractivity contribution < 1.29 is 13.2 Å². The van der Waals surface area contributed by atoms with Gasteiger partial charge in [-0.15, -0.1) is 0 Å². The summed E-state index contributed by atoms with van der Waals surface area (Å²) in [5.74, 6) is 1.27. The Kier molecular flexibility index (Phi) is 6.23. The summed E-state index contributed by atoms with van der Waals surface area (Å²) in [6.45, 7) is 2.60. The van der Waals surface area contributed by atoms with Crippen LogP contribution in [0.1, 0.15) is 36.4 Å². The number of sulfonamides is 1. The summed E-state index contributed by atoms with van der Waals surface area (Å²) < 4.78 is 34.4. The van der Waals surface area contributed by atoms with Gasteiger partial charge in [0.1, 0.15) is 5.75 Å². The van der Waals surface area contributed by atoms with E-state index < -0.39 is 10.0 Å². The van der Waals surface area contributed by atoms with E-state index in [0.29, 0.717) is 12.5 Å². The van der Waals surface area contributed by atoms with Crippen LogP contribution in [0, 0.1) is 5.92 Å². The first-order valence-corrected chi connectivity index (χ1v) is 13.4. The van der Waals surface area contributed by atoms with Crippen LogP contribution in [0.5, 0.6) is 5.75 Å². The van der Waals surface area contributed by atoms with Crippen molar-refractivity contribution in [1.82, 2.24) is 0 Å². The van der Waals surface area contributed by atoms with Crippen LogP contribution in [0.3, 0.4) is 0 Å².